The van der Waals surface area contributed by atoms with Crippen molar-refractivity contribution in [3.63, 3.8) is 0 Å². The number of carbonyl (C=O) groups is 1. The Morgan fingerprint density at radius 2 is 1.88 bits per heavy atom. The zero-order chi connectivity index (χ0) is 12.1. The number of nitrogens with one attached hydrogen (secondary N) is 3. The summed E-state index contributed by atoms with van der Waals surface area (Å²) in [6, 6.07) is 5.94. The van der Waals surface area contributed by atoms with Gasteiger partial charge in [-0.3, -0.25) is 15.5 Å². The van der Waals surface area contributed by atoms with Gasteiger partial charge in [0.1, 0.15) is 0 Å². The molecule has 16 heavy (non-hydrogen) atoms. The molecule has 0 unspecified atom stereocenters. The molecule has 0 radical (unpaired) electrons. The van der Waals surface area contributed by atoms with Crippen LogP contribution in [0.5, 0.6) is 0 Å². The number of carbonyl (C=O) groups excluding carboxylic acids is 1. The van der Waals surface area contributed by atoms with E-state index < -0.39 is 0 Å². The molecule has 1 rings (SSSR count). The van der Waals surface area contributed by atoms with Gasteiger partial charge in [-0.2, -0.15) is 0 Å². The standard InChI is InChI=1S/C12H17N3O/c1-8-5-4-6-9(2)10(8)7-11(16)15-12(13)14-3/h4-6H,7H2,1-3H3,(H3,13,14,15,16). The summed E-state index contributed by atoms with van der Waals surface area (Å²) in [5.41, 5.74) is 3.24. The summed E-state index contributed by atoms with van der Waals surface area (Å²) in [6.45, 7) is 3.97. The zero-order valence-electron chi connectivity index (χ0n) is 9.85. The van der Waals surface area contributed by atoms with Crippen molar-refractivity contribution in [2.45, 2.75) is 20.3 Å². The maximum absolute atomic E-state index is 11.6. The summed E-state index contributed by atoms with van der Waals surface area (Å²) in [7, 11) is 1.60. The van der Waals surface area contributed by atoms with Gasteiger partial charge in [-0.1, -0.05) is 18.2 Å². The third kappa shape index (κ3) is 3.08. The molecule has 0 aliphatic heterocycles. The number of guanidine groups is 1. The van der Waals surface area contributed by atoms with Gasteiger partial charge in [0.15, 0.2) is 5.96 Å². The molecule has 0 spiro atoms. The molecule has 86 valence electrons. The van der Waals surface area contributed by atoms with Crippen LogP contribution in [-0.2, 0) is 11.2 Å². The van der Waals surface area contributed by atoms with Crippen molar-refractivity contribution >= 4 is 11.9 Å². The molecule has 1 aromatic rings. The predicted molar refractivity (Wildman–Crippen MR) is 64.5 cm³/mol. The van der Waals surface area contributed by atoms with E-state index in [1.807, 2.05) is 32.0 Å². The molecule has 0 aliphatic carbocycles. The van der Waals surface area contributed by atoms with Crippen LogP contribution in [0.1, 0.15) is 16.7 Å². The Bertz CT molecular complexity index is 392. The zero-order valence-corrected chi connectivity index (χ0v) is 9.85. The highest BCUT2D eigenvalue weighted by molar-refractivity contribution is 5.96. The van der Waals surface area contributed by atoms with E-state index in [2.05, 4.69) is 10.6 Å². The van der Waals surface area contributed by atoms with E-state index in [0.29, 0.717) is 6.42 Å². The molecule has 0 bridgehead atoms. The first-order valence-electron chi connectivity index (χ1n) is 5.16. The third-order valence-corrected chi connectivity index (χ3v) is 2.50. The van der Waals surface area contributed by atoms with Crippen molar-refractivity contribution in [1.29, 1.82) is 5.41 Å². The van der Waals surface area contributed by atoms with Crippen molar-refractivity contribution in [2.24, 2.45) is 0 Å². The van der Waals surface area contributed by atoms with Gasteiger partial charge < -0.3 is 5.32 Å². The minimum atomic E-state index is -0.170. The lowest BCUT2D eigenvalue weighted by Crippen LogP contribution is -2.39. The second-order valence-corrected chi connectivity index (χ2v) is 3.72. The van der Waals surface area contributed by atoms with Crippen molar-refractivity contribution in [3.05, 3.63) is 34.9 Å². The first-order chi connectivity index (χ1) is 7.54. The van der Waals surface area contributed by atoms with E-state index in [-0.39, 0.29) is 11.9 Å². The molecular weight excluding hydrogens is 202 g/mol. The number of hydrogen-bond donors (Lipinski definition) is 3. The molecule has 3 N–H and O–H groups in total. The lowest BCUT2D eigenvalue weighted by molar-refractivity contribution is -0.119. The van der Waals surface area contributed by atoms with Crippen LogP contribution in [0.25, 0.3) is 0 Å². The molecule has 4 heteroatoms. The van der Waals surface area contributed by atoms with Gasteiger partial charge in [0.2, 0.25) is 5.91 Å². The monoisotopic (exact) mass is 219 g/mol. The highest BCUT2D eigenvalue weighted by atomic mass is 16.1. The number of hydrogen-bond acceptors (Lipinski definition) is 2. The van der Waals surface area contributed by atoms with Crippen LogP contribution < -0.4 is 10.6 Å². The summed E-state index contributed by atoms with van der Waals surface area (Å²) in [4.78, 5) is 11.6. The molecule has 1 aromatic carbocycles. The van der Waals surface area contributed by atoms with Crippen LogP contribution >= 0.6 is 0 Å². The molecule has 0 fully saturated rings. The second-order valence-electron chi connectivity index (χ2n) is 3.72. The Morgan fingerprint density at radius 3 is 2.38 bits per heavy atom. The number of amides is 1. The quantitative estimate of drug-likeness (QED) is 0.515. The second kappa shape index (κ2) is 5.30. The summed E-state index contributed by atoms with van der Waals surface area (Å²) in [5, 5.41) is 12.3. The first-order valence-corrected chi connectivity index (χ1v) is 5.16. The number of rotatable bonds is 2. The average Bonchev–Trinajstić information content (AvgIpc) is 2.23. The summed E-state index contributed by atoms with van der Waals surface area (Å²) >= 11 is 0. The van der Waals surface area contributed by atoms with E-state index in [1.54, 1.807) is 7.05 Å². The topological polar surface area (TPSA) is 65.0 Å². The molecule has 0 atom stereocenters. The van der Waals surface area contributed by atoms with E-state index in [4.69, 9.17) is 5.41 Å². The van der Waals surface area contributed by atoms with E-state index in [9.17, 15) is 4.79 Å². The molecular formula is C12H17N3O. The van der Waals surface area contributed by atoms with Gasteiger partial charge in [0.25, 0.3) is 0 Å². The Labute approximate surface area is 95.6 Å². The number of aryl methyl sites for hydroxylation is 2. The molecule has 0 saturated heterocycles. The van der Waals surface area contributed by atoms with Gasteiger partial charge in [-0.25, -0.2) is 0 Å². The normalized spacial score (nSPS) is 9.69. The molecule has 4 nitrogen and oxygen atoms in total. The summed E-state index contributed by atoms with van der Waals surface area (Å²) < 4.78 is 0. The van der Waals surface area contributed by atoms with Gasteiger partial charge in [-0.15, -0.1) is 0 Å². The van der Waals surface area contributed by atoms with E-state index in [1.165, 1.54) is 0 Å². The smallest absolute Gasteiger partial charge is 0.231 e. The van der Waals surface area contributed by atoms with Crippen molar-refractivity contribution in [3.8, 4) is 0 Å². The fourth-order valence-electron chi connectivity index (χ4n) is 1.53. The van der Waals surface area contributed by atoms with Crippen molar-refractivity contribution in [1.82, 2.24) is 10.6 Å². The molecule has 0 heterocycles. The predicted octanol–water partition coefficient (Wildman–Crippen LogP) is 1.12. The third-order valence-electron chi connectivity index (χ3n) is 2.50. The Kier molecular flexibility index (Phi) is 4.05. The highest BCUT2D eigenvalue weighted by Gasteiger charge is 2.09. The van der Waals surface area contributed by atoms with Crippen LogP contribution in [0.3, 0.4) is 0 Å². The van der Waals surface area contributed by atoms with Crippen molar-refractivity contribution < 1.29 is 4.79 Å². The minimum Gasteiger partial charge on any atom is -0.359 e. The van der Waals surface area contributed by atoms with Gasteiger partial charge in [-0.05, 0) is 30.5 Å². The SMILES string of the molecule is CNC(=N)NC(=O)Cc1c(C)cccc1C. The largest absolute Gasteiger partial charge is 0.359 e. The van der Waals surface area contributed by atoms with Crippen LogP contribution in [0.2, 0.25) is 0 Å². The lowest BCUT2D eigenvalue weighted by Gasteiger charge is -2.10. The molecule has 0 saturated carbocycles. The first kappa shape index (κ1) is 12.2. The Balaban J connectivity index is 2.73. The fraction of sp³-hybridized carbons (Fsp3) is 0.333. The minimum absolute atomic E-state index is 0.0243. The molecule has 1 amide bonds. The van der Waals surface area contributed by atoms with Crippen LogP contribution in [0.15, 0.2) is 18.2 Å². The maximum atomic E-state index is 11.6. The fourth-order valence-corrected chi connectivity index (χ4v) is 1.53. The molecule has 0 aliphatic rings. The summed E-state index contributed by atoms with van der Waals surface area (Å²) in [5.74, 6) is -0.145. The number of benzene rings is 1. The Hall–Kier alpha value is -1.84. The average molecular weight is 219 g/mol. The Morgan fingerprint density at radius 1 is 1.31 bits per heavy atom. The lowest BCUT2D eigenvalue weighted by atomic mass is 10.00. The van der Waals surface area contributed by atoms with E-state index >= 15 is 0 Å². The van der Waals surface area contributed by atoms with Crippen molar-refractivity contribution in [2.75, 3.05) is 7.05 Å². The van der Waals surface area contributed by atoms with Crippen LogP contribution in [-0.4, -0.2) is 18.9 Å². The van der Waals surface area contributed by atoms with Gasteiger partial charge >= 0.3 is 0 Å². The van der Waals surface area contributed by atoms with Gasteiger partial charge in [0, 0.05) is 7.05 Å². The van der Waals surface area contributed by atoms with Crippen LogP contribution in [0.4, 0.5) is 0 Å². The maximum Gasteiger partial charge on any atom is 0.231 e. The van der Waals surface area contributed by atoms with E-state index in [0.717, 1.165) is 16.7 Å². The summed E-state index contributed by atoms with van der Waals surface area (Å²) in [6.07, 6.45) is 0.308. The molecule has 0 aromatic heterocycles. The van der Waals surface area contributed by atoms with Crippen LogP contribution in [0, 0.1) is 19.3 Å². The van der Waals surface area contributed by atoms with Gasteiger partial charge in [0.05, 0.1) is 6.42 Å². The highest BCUT2D eigenvalue weighted by Crippen LogP contribution is 2.13.